The van der Waals surface area contributed by atoms with Gasteiger partial charge in [-0.15, -0.1) is 5.10 Å². The van der Waals surface area contributed by atoms with Gasteiger partial charge in [0.05, 0.1) is 5.71 Å². The van der Waals surface area contributed by atoms with E-state index >= 15 is 0 Å². The first-order valence-corrected chi connectivity index (χ1v) is 7.82. The van der Waals surface area contributed by atoms with Crippen molar-refractivity contribution in [1.82, 2.24) is 10.6 Å². The molecule has 0 unspecified atom stereocenters. The van der Waals surface area contributed by atoms with Crippen LogP contribution in [0.15, 0.2) is 49.1 Å². The maximum absolute atomic E-state index is 4.97. The van der Waals surface area contributed by atoms with Crippen molar-refractivity contribution in [3.8, 4) is 0 Å². The molecular formula is C13H15BrCuN6S2. The van der Waals surface area contributed by atoms with Crippen LogP contribution < -0.4 is 10.6 Å². The Kier molecular flexibility index (Phi) is 10.9. The fourth-order valence-electron chi connectivity index (χ4n) is 1.31. The third-order valence-electron chi connectivity index (χ3n) is 2.42. The molecule has 10 heteroatoms. The summed E-state index contributed by atoms with van der Waals surface area (Å²) >= 11 is 13.3. The summed E-state index contributed by atoms with van der Waals surface area (Å²) in [4.78, 5) is 0. The van der Waals surface area contributed by atoms with E-state index in [9.17, 15) is 0 Å². The first kappa shape index (κ1) is 21.9. The molecule has 0 aromatic heterocycles. The molecular weight excluding hydrogens is 448 g/mol. The number of hydrogen-bond acceptors (Lipinski definition) is 6. The molecule has 0 aliphatic carbocycles. The molecule has 2 N–H and O–H groups in total. The van der Waals surface area contributed by atoms with Crippen molar-refractivity contribution < 1.29 is 17.1 Å². The minimum atomic E-state index is 0. The van der Waals surface area contributed by atoms with E-state index in [4.69, 9.17) is 25.3 Å². The Balaban J connectivity index is 0.00000484. The monoisotopic (exact) mass is 461 g/mol. The third-order valence-corrected chi connectivity index (χ3v) is 3.52. The third kappa shape index (κ3) is 7.85. The van der Waals surface area contributed by atoms with Crippen LogP contribution in [0, 0.1) is 0 Å². The van der Waals surface area contributed by atoms with Crippen molar-refractivity contribution in [2.45, 2.75) is 6.92 Å². The second-order valence-electron chi connectivity index (χ2n) is 3.95. The molecule has 127 valence electrons. The summed E-state index contributed by atoms with van der Waals surface area (Å²) in [6, 6.07) is 7.61. The fourth-order valence-corrected chi connectivity index (χ4v) is 1.66. The van der Waals surface area contributed by atoms with Crippen LogP contribution in [-0.4, -0.2) is 35.9 Å². The van der Waals surface area contributed by atoms with Crippen molar-refractivity contribution in [3.63, 3.8) is 0 Å². The zero-order chi connectivity index (χ0) is 16.5. The van der Waals surface area contributed by atoms with Gasteiger partial charge in [0.15, 0.2) is 0 Å². The van der Waals surface area contributed by atoms with Crippen LogP contribution in [0.2, 0.25) is 0 Å². The molecule has 0 aliphatic rings. The SMILES string of the molecule is CN/C([S-])=N/N=C(C)/C(=N/N=C(\[S-])NC)c1ccc(Br)cc1.[Cu+2]. The van der Waals surface area contributed by atoms with Gasteiger partial charge in [-0.1, -0.05) is 28.1 Å². The number of rotatable bonds is 4. The van der Waals surface area contributed by atoms with Crippen molar-refractivity contribution >= 4 is 62.9 Å². The molecule has 1 aromatic carbocycles. The maximum Gasteiger partial charge on any atom is 2.00 e. The number of amidine groups is 2. The van der Waals surface area contributed by atoms with E-state index in [1.54, 1.807) is 21.0 Å². The molecule has 0 bridgehead atoms. The predicted octanol–water partition coefficient (Wildman–Crippen LogP) is 1.77. The zero-order valence-corrected chi connectivity index (χ0v) is 16.8. The second kappa shape index (κ2) is 11.5. The summed E-state index contributed by atoms with van der Waals surface area (Å²) in [5, 5.41) is 22.1. The van der Waals surface area contributed by atoms with Crippen LogP contribution in [-0.2, 0) is 42.3 Å². The quantitative estimate of drug-likeness (QED) is 0.235. The van der Waals surface area contributed by atoms with Gasteiger partial charge >= 0.3 is 17.1 Å². The molecule has 1 radical (unpaired) electrons. The van der Waals surface area contributed by atoms with E-state index in [0.717, 1.165) is 10.0 Å². The van der Waals surface area contributed by atoms with Crippen molar-refractivity contribution in [2.24, 2.45) is 20.4 Å². The Morgan fingerprint density at radius 2 is 1.39 bits per heavy atom. The molecule has 1 rings (SSSR count). The normalized spacial score (nSPS) is 13.4. The number of hydrogen-bond donors (Lipinski definition) is 2. The zero-order valence-electron chi connectivity index (χ0n) is 12.6. The van der Waals surface area contributed by atoms with E-state index in [1.165, 1.54) is 0 Å². The first-order chi connectivity index (χ1) is 10.5. The van der Waals surface area contributed by atoms with Gasteiger partial charge in [0.2, 0.25) is 0 Å². The predicted molar refractivity (Wildman–Crippen MR) is 102 cm³/mol. The molecule has 1 aromatic rings. The summed E-state index contributed by atoms with van der Waals surface area (Å²) in [6.45, 7) is 1.78. The number of nitrogens with one attached hydrogen (secondary N) is 2. The van der Waals surface area contributed by atoms with Gasteiger partial charge in [-0.2, -0.15) is 15.3 Å². The molecule has 0 saturated heterocycles. The Morgan fingerprint density at radius 1 is 0.913 bits per heavy atom. The number of benzene rings is 1. The van der Waals surface area contributed by atoms with Crippen LogP contribution in [0.25, 0.3) is 0 Å². The van der Waals surface area contributed by atoms with Gasteiger partial charge < -0.3 is 35.9 Å². The largest absolute Gasteiger partial charge is 2.00 e. The maximum atomic E-state index is 4.97. The Morgan fingerprint density at radius 3 is 1.87 bits per heavy atom. The molecule has 0 atom stereocenters. The minimum Gasteiger partial charge on any atom is -0.741 e. The van der Waals surface area contributed by atoms with Gasteiger partial charge in [0.25, 0.3) is 0 Å². The Hall–Kier alpha value is -1.06. The van der Waals surface area contributed by atoms with Gasteiger partial charge in [0, 0.05) is 24.1 Å². The van der Waals surface area contributed by atoms with E-state index < -0.39 is 0 Å². The molecule has 0 fully saturated rings. The standard InChI is InChI=1S/C13H17BrN6S2.Cu/c1-8(17-19-12(21)15-2)11(18-20-13(22)16-3)9-4-6-10(14)7-5-9;/h4-7H,1-3H3,(H2,15,19,21)(H2,16,20,22);/q;+2/p-2/b17-8+,18-11-;. The van der Waals surface area contributed by atoms with Gasteiger partial charge in [-0.05, 0) is 29.4 Å². The van der Waals surface area contributed by atoms with Crippen LogP contribution >= 0.6 is 15.9 Å². The van der Waals surface area contributed by atoms with E-state index in [1.807, 2.05) is 24.3 Å². The molecule has 23 heavy (non-hydrogen) atoms. The first-order valence-electron chi connectivity index (χ1n) is 6.21. The van der Waals surface area contributed by atoms with Gasteiger partial charge in [0.1, 0.15) is 5.71 Å². The van der Waals surface area contributed by atoms with E-state index in [2.05, 4.69) is 47.0 Å². The second-order valence-corrected chi connectivity index (χ2v) is 5.64. The van der Waals surface area contributed by atoms with Crippen LogP contribution in [0.1, 0.15) is 12.5 Å². The van der Waals surface area contributed by atoms with Crippen LogP contribution in [0.3, 0.4) is 0 Å². The Bertz CT molecular complexity index is 628. The van der Waals surface area contributed by atoms with Crippen LogP contribution in [0.5, 0.6) is 0 Å². The van der Waals surface area contributed by atoms with Crippen molar-refractivity contribution in [1.29, 1.82) is 0 Å². The summed E-state index contributed by atoms with van der Waals surface area (Å²) in [7, 11) is 3.36. The van der Waals surface area contributed by atoms with Gasteiger partial charge in [-0.3, -0.25) is 0 Å². The minimum absolute atomic E-state index is 0. The molecule has 0 saturated carbocycles. The topological polar surface area (TPSA) is 73.5 Å². The molecule has 0 aliphatic heterocycles. The van der Waals surface area contributed by atoms with Crippen molar-refractivity contribution in [3.05, 3.63) is 34.3 Å². The summed E-state index contributed by atoms with van der Waals surface area (Å²) in [5.74, 6) is 0. The fraction of sp³-hybridized carbons (Fsp3) is 0.231. The molecule has 6 nitrogen and oxygen atoms in total. The van der Waals surface area contributed by atoms with E-state index in [0.29, 0.717) is 11.4 Å². The van der Waals surface area contributed by atoms with Gasteiger partial charge in [-0.25, -0.2) is 0 Å². The average Bonchev–Trinajstić information content (AvgIpc) is 2.53. The number of nitrogens with zero attached hydrogens (tertiary/aromatic N) is 4. The molecule has 0 amide bonds. The molecule has 0 spiro atoms. The summed E-state index contributed by atoms with van der Waals surface area (Å²) in [5.41, 5.74) is 1.98. The Labute approximate surface area is 165 Å². The average molecular weight is 463 g/mol. The molecule has 0 heterocycles. The number of halogens is 1. The summed E-state index contributed by atoms with van der Waals surface area (Å²) in [6.07, 6.45) is 0. The van der Waals surface area contributed by atoms with E-state index in [-0.39, 0.29) is 27.4 Å². The van der Waals surface area contributed by atoms with Crippen LogP contribution in [0.4, 0.5) is 0 Å². The van der Waals surface area contributed by atoms with Crippen molar-refractivity contribution in [2.75, 3.05) is 14.1 Å². The smallest absolute Gasteiger partial charge is 0.741 e. The summed E-state index contributed by atoms with van der Waals surface area (Å²) < 4.78 is 0.967.